The molecule has 2 nitrogen and oxygen atoms in total. The fourth-order valence-corrected chi connectivity index (χ4v) is 3.12. The van der Waals surface area contributed by atoms with Crippen LogP contribution in [-0.4, -0.2) is 7.05 Å². The molecule has 0 aliphatic heterocycles. The lowest BCUT2D eigenvalue weighted by Crippen LogP contribution is -2.16. The van der Waals surface area contributed by atoms with E-state index in [0.29, 0.717) is 6.54 Å². The third-order valence-corrected chi connectivity index (χ3v) is 4.03. The van der Waals surface area contributed by atoms with Crippen LogP contribution >= 0.6 is 27.3 Å². The topological polar surface area (TPSA) is 29.3 Å². The zero-order valence-corrected chi connectivity index (χ0v) is 12.1. The van der Waals surface area contributed by atoms with Gasteiger partial charge in [-0.05, 0) is 56.0 Å². The number of nitrogens with zero attached hydrogens (tertiary/aromatic N) is 1. The minimum atomic E-state index is 0.577. The van der Waals surface area contributed by atoms with Crippen LogP contribution in [0.25, 0.3) is 0 Å². The summed E-state index contributed by atoms with van der Waals surface area (Å²) in [5.74, 6) is 0. The highest BCUT2D eigenvalue weighted by Crippen LogP contribution is 2.27. The Kier molecular flexibility index (Phi) is 4.20. The van der Waals surface area contributed by atoms with Crippen molar-refractivity contribution in [3.63, 3.8) is 0 Å². The first-order chi connectivity index (χ1) is 8.20. The third-order valence-electron chi connectivity index (χ3n) is 2.66. The molecule has 90 valence electrons. The molecule has 0 amide bonds. The lowest BCUT2D eigenvalue weighted by Gasteiger charge is -2.20. The average Bonchev–Trinajstić information content (AvgIpc) is 2.81. The van der Waals surface area contributed by atoms with Crippen molar-refractivity contribution in [1.29, 1.82) is 0 Å². The van der Waals surface area contributed by atoms with E-state index in [1.54, 1.807) is 11.3 Å². The number of nitrogens with two attached hydrogens (primary N) is 1. The first-order valence-corrected chi connectivity index (χ1v) is 7.15. The Morgan fingerprint density at radius 3 is 2.71 bits per heavy atom. The van der Waals surface area contributed by atoms with Gasteiger partial charge in [-0.1, -0.05) is 6.07 Å². The van der Waals surface area contributed by atoms with Crippen LogP contribution in [0.15, 0.2) is 39.5 Å². The Balaban J connectivity index is 2.16. The molecular weight excluding hydrogens is 296 g/mol. The highest BCUT2D eigenvalue weighted by Gasteiger charge is 2.07. The van der Waals surface area contributed by atoms with Gasteiger partial charge in [-0.2, -0.15) is 11.3 Å². The summed E-state index contributed by atoms with van der Waals surface area (Å²) in [5, 5.41) is 4.29. The molecule has 2 aromatic rings. The summed E-state index contributed by atoms with van der Waals surface area (Å²) in [7, 11) is 2.10. The molecule has 1 aromatic carbocycles. The Morgan fingerprint density at radius 1 is 1.29 bits per heavy atom. The quantitative estimate of drug-likeness (QED) is 0.935. The SMILES string of the molecule is CN(Cc1ccsc1)c1ccc(CN)cc1Br. The van der Waals surface area contributed by atoms with E-state index in [2.05, 4.69) is 62.9 Å². The van der Waals surface area contributed by atoms with Gasteiger partial charge in [-0.3, -0.25) is 0 Å². The maximum absolute atomic E-state index is 5.62. The van der Waals surface area contributed by atoms with E-state index in [1.165, 1.54) is 11.3 Å². The first-order valence-electron chi connectivity index (χ1n) is 5.41. The molecule has 0 fully saturated rings. The molecule has 2 rings (SSSR count). The second kappa shape index (κ2) is 5.67. The number of halogens is 1. The van der Waals surface area contributed by atoms with E-state index < -0.39 is 0 Å². The number of thiophene rings is 1. The summed E-state index contributed by atoms with van der Waals surface area (Å²) in [6, 6.07) is 8.42. The van der Waals surface area contributed by atoms with Crippen molar-refractivity contribution in [3.05, 3.63) is 50.6 Å². The van der Waals surface area contributed by atoms with Crippen LogP contribution in [0.5, 0.6) is 0 Å². The molecule has 2 N–H and O–H groups in total. The molecule has 1 heterocycles. The Bertz CT molecular complexity index is 482. The van der Waals surface area contributed by atoms with E-state index in [-0.39, 0.29) is 0 Å². The third kappa shape index (κ3) is 3.09. The van der Waals surface area contributed by atoms with E-state index in [4.69, 9.17) is 5.73 Å². The summed E-state index contributed by atoms with van der Waals surface area (Å²) >= 11 is 5.33. The van der Waals surface area contributed by atoms with Crippen molar-refractivity contribution in [1.82, 2.24) is 0 Å². The summed E-state index contributed by atoms with van der Waals surface area (Å²) < 4.78 is 1.10. The number of benzene rings is 1. The van der Waals surface area contributed by atoms with Gasteiger partial charge >= 0.3 is 0 Å². The predicted octanol–water partition coefficient (Wildman–Crippen LogP) is 3.61. The fourth-order valence-electron chi connectivity index (χ4n) is 1.73. The van der Waals surface area contributed by atoms with Crippen LogP contribution in [0.4, 0.5) is 5.69 Å². The van der Waals surface area contributed by atoms with Crippen molar-refractivity contribution in [2.24, 2.45) is 5.73 Å². The summed E-state index contributed by atoms with van der Waals surface area (Å²) in [6.07, 6.45) is 0. The normalized spacial score (nSPS) is 10.5. The lowest BCUT2D eigenvalue weighted by atomic mass is 10.2. The van der Waals surface area contributed by atoms with Gasteiger partial charge in [0.25, 0.3) is 0 Å². The predicted molar refractivity (Wildman–Crippen MR) is 78.5 cm³/mol. The van der Waals surface area contributed by atoms with Gasteiger partial charge < -0.3 is 10.6 Å². The average molecular weight is 311 g/mol. The van der Waals surface area contributed by atoms with Crippen LogP contribution < -0.4 is 10.6 Å². The molecule has 0 spiro atoms. The molecule has 0 atom stereocenters. The van der Waals surface area contributed by atoms with E-state index >= 15 is 0 Å². The second-order valence-electron chi connectivity index (χ2n) is 3.98. The standard InChI is InChI=1S/C13H15BrN2S/c1-16(8-11-4-5-17-9-11)13-3-2-10(7-15)6-12(13)14/h2-6,9H,7-8,15H2,1H3. The summed E-state index contributed by atoms with van der Waals surface area (Å²) in [5.41, 5.74) is 9.29. The van der Waals surface area contributed by atoms with Crippen molar-refractivity contribution in [3.8, 4) is 0 Å². The highest BCUT2D eigenvalue weighted by molar-refractivity contribution is 9.10. The van der Waals surface area contributed by atoms with Crippen LogP contribution in [-0.2, 0) is 13.1 Å². The van der Waals surface area contributed by atoms with Crippen LogP contribution in [0.1, 0.15) is 11.1 Å². The first kappa shape index (κ1) is 12.6. The van der Waals surface area contributed by atoms with Gasteiger partial charge in [-0.25, -0.2) is 0 Å². The minimum absolute atomic E-state index is 0.577. The molecule has 17 heavy (non-hydrogen) atoms. The molecule has 0 unspecified atom stereocenters. The molecule has 0 aliphatic carbocycles. The molecule has 0 saturated carbocycles. The molecule has 0 radical (unpaired) electrons. The van der Waals surface area contributed by atoms with Gasteiger partial charge in [0.15, 0.2) is 0 Å². The van der Waals surface area contributed by atoms with Crippen molar-refractivity contribution in [2.45, 2.75) is 13.1 Å². The maximum atomic E-state index is 5.62. The van der Waals surface area contributed by atoms with Gasteiger partial charge in [0.05, 0.1) is 5.69 Å². The smallest absolute Gasteiger partial charge is 0.0511 e. The maximum Gasteiger partial charge on any atom is 0.0511 e. The zero-order chi connectivity index (χ0) is 12.3. The van der Waals surface area contributed by atoms with Gasteiger partial charge in [-0.15, -0.1) is 0 Å². The molecular formula is C13H15BrN2S. The molecule has 0 bridgehead atoms. The highest BCUT2D eigenvalue weighted by atomic mass is 79.9. The van der Waals surface area contributed by atoms with Crippen molar-refractivity contribution < 1.29 is 0 Å². The minimum Gasteiger partial charge on any atom is -0.369 e. The molecule has 0 saturated heterocycles. The van der Waals surface area contributed by atoms with Gasteiger partial charge in [0, 0.05) is 24.6 Å². The number of rotatable bonds is 4. The largest absolute Gasteiger partial charge is 0.369 e. The number of hydrogen-bond acceptors (Lipinski definition) is 3. The van der Waals surface area contributed by atoms with E-state index in [1.807, 2.05) is 0 Å². The number of hydrogen-bond donors (Lipinski definition) is 1. The van der Waals surface area contributed by atoms with Gasteiger partial charge in [0.1, 0.15) is 0 Å². The lowest BCUT2D eigenvalue weighted by molar-refractivity contribution is 0.922. The van der Waals surface area contributed by atoms with E-state index in [0.717, 1.165) is 16.6 Å². The molecule has 0 aliphatic rings. The Morgan fingerprint density at radius 2 is 2.12 bits per heavy atom. The van der Waals surface area contributed by atoms with Crippen LogP contribution in [0.2, 0.25) is 0 Å². The van der Waals surface area contributed by atoms with Crippen molar-refractivity contribution in [2.75, 3.05) is 11.9 Å². The summed E-state index contributed by atoms with van der Waals surface area (Å²) in [4.78, 5) is 2.23. The second-order valence-corrected chi connectivity index (χ2v) is 5.61. The number of anilines is 1. The van der Waals surface area contributed by atoms with Crippen molar-refractivity contribution >= 4 is 33.0 Å². The zero-order valence-electron chi connectivity index (χ0n) is 9.69. The summed E-state index contributed by atoms with van der Waals surface area (Å²) in [6.45, 7) is 1.50. The van der Waals surface area contributed by atoms with Crippen LogP contribution in [0, 0.1) is 0 Å². The molecule has 4 heteroatoms. The van der Waals surface area contributed by atoms with E-state index in [9.17, 15) is 0 Å². The Hall–Kier alpha value is -0.840. The van der Waals surface area contributed by atoms with Gasteiger partial charge in [0.2, 0.25) is 0 Å². The Labute approximate surface area is 114 Å². The van der Waals surface area contributed by atoms with Crippen LogP contribution in [0.3, 0.4) is 0 Å². The monoisotopic (exact) mass is 310 g/mol. The molecule has 1 aromatic heterocycles. The fraction of sp³-hybridized carbons (Fsp3) is 0.231.